The van der Waals surface area contributed by atoms with Crippen LogP contribution in [0.5, 0.6) is 0 Å². The molecule has 32 heavy (non-hydrogen) atoms. The Morgan fingerprint density at radius 2 is 1.72 bits per heavy atom. The van der Waals surface area contributed by atoms with Crippen LogP contribution >= 0.6 is 0 Å². The molecule has 1 fully saturated rings. The van der Waals surface area contributed by atoms with E-state index < -0.39 is 0 Å². The lowest BCUT2D eigenvalue weighted by molar-refractivity contribution is 0.0712. The summed E-state index contributed by atoms with van der Waals surface area (Å²) in [6, 6.07) is 15.3. The lowest BCUT2D eigenvalue weighted by Gasteiger charge is -2.37. The molecule has 2 aromatic rings. The van der Waals surface area contributed by atoms with Gasteiger partial charge in [-0.2, -0.15) is 0 Å². The average Bonchev–Trinajstić information content (AvgIpc) is 3.15. The van der Waals surface area contributed by atoms with Crippen LogP contribution in [0.3, 0.4) is 0 Å². The summed E-state index contributed by atoms with van der Waals surface area (Å²) in [4.78, 5) is 12.3. The average molecular weight is 432 g/mol. The summed E-state index contributed by atoms with van der Waals surface area (Å²) in [6.07, 6.45) is 4.20. The number of aromatic nitrogens is 1. The van der Waals surface area contributed by atoms with Gasteiger partial charge in [0.15, 0.2) is 0 Å². The van der Waals surface area contributed by atoms with Crippen LogP contribution in [0, 0.1) is 5.92 Å². The number of benzene rings is 1. The lowest BCUT2D eigenvalue weighted by atomic mass is 9.98. The van der Waals surface area contributed by atoms with Crippen molar-refractivity contribution in [3.63, 3.8) is 0 Å². The molecule has 2 unspecified atom stereocenters. The van der Waals surface area contributed by atoms with Gasteiger partial charge in [0.05, 0.1) is 11.4 Å². The molecule has 5 nitrogen and oxygen atoms in total. The third-order valence-electron chi connectivity index (χ3n) is 6.40. The Balaban J connectivity index is 1.38. The SMILES string of the molecule is CC1=NC(C)(c2cccc(-c3ccc(C(C)NN4CCN(CC(C)C)CC4)cc3)n2)C=C1. The Bertz CT molecular complexity index is 970. The van der Waals surface area contributed by atoms with Gasteiger partial charge in [0.25, 0.3) is 0 Å². The Morgan fingerprint density at radius 3 is 2.34 bits per heavy atom. The van der Waals surface area contributed by atoms with E-state index in [0.29, 0.717) is 0 Å². The minimum absolute atomic E-state index is 0.278. The molecule has 0 radical (unpaired) electrons. The molecular weight excluding hydrogens is 394 g/mol. The minimum Gasteiger partial charge on any atom is -0.300 e. The highest BCUT2D eigenvalue weighted by atomic mass is 15.5. The van der Waals surface area contributed by atoms with Crippen LogP contribution in [0.25, 0.3) is 11.3 Å². The van der Waals surface area contributed by atoms with Gasteiger partial charge >= 0.3 is 0 Å². The zero-order valence-corrected chi connectivity index (χ0v) is 20.2. The highest BCUT2D eigenvalue weighted by molar-refractivity contribution is 5.95. The lowest BCUT2D eigenvalue weighted by Crippen LogP contribution is -2.52. The predicted octanol–water partition coefficient (Wildman–Crippen LogP) is 4.83. The van der Waals surface area contributed by atoms with Crippen molar-refractivity contribution in [2.24, 2.45) is 10.9 Å². The third-order valence-corrected chi connectivity index (χ3v) is 6.40. The van der Waals surface area contributed by atoms with E-state index in [1.165, 1.54) is 12.1 Å². The van der Waals surface area contributed by atoms with Crippen LogP contribution in [0.4, 0.5) is 0 Å². The maximum absolute atomic E-state index is 4.94. The molecule has 0 spiro atoms. The second-order valence-corrected chi connectivity index (χ2v) is 9.80. The van der Waals surface area contributed by atoms with E-state index in [2.05, 4.69) is 97.6 Å². The molecule has 1 aromatic heterocycles. The quantitative estimate of drug-likeness (QED) is 0.682. The number of hydrazine groups is 1. The molecule has 1 aromatic carbocycles. The van der Waals surface area contributed by atoms with Crippen LogP contribution in [-0.4, -0.2) is 53.3 Å². The first-order valence-electron chi connectivity index (χ1n) is 11.9. The van der Waals surface area contributed by atoms with E-state index in [9.17, 15) is 0 Å². The van der Waals surface area contributed by atoms with Crippen LogP contribution in [-0.2, 0) is 5.54 Å². The van der Waals surface area contributed by atoms with Crippen LogP contribution in [0.15, 0.2) is 59.6 Å². The van der Waals surface area contributed by atoms with Gasteiger partial charge in [0.2, 0.25) is 0 Å². The molecule has 4 rings (SSSR count). The molecule has 1 saturated heterocycles. The van der Waals surface area contributed by atoms with E-state index in [1.54, 1.807) is 0 Å². The number of pyridine rings is 1. The van der Waals surface area contributed by atoms with Crippen LogP contribution in [0.1, 0.15) is 51.9 Å². The first-order chi connectivity index (χ1) is 15.3. The maximum atomic E-state index is 4.94. The normalized spacial score (nSPS) is 23.0. The summed E-state index contributed by atoms with van der Waals surface area (Å²) in [5, 5.41) is 2.37. The van der Waals surface area contributed by atoms with Gasteiger partial charge < -0.3 is 4.90 Å². The van der Waals surface area contributed by atoms with Crippen molar-refractivity contribution in [1.29, 1.82) is 0 Å². The third kappa shape index (κ3) is 5.34. The van der Waals surface area contributed by atoms with Crippen molar-refractivity contribution in [2.45, 2.75) is 46.2 Å². The zero-order chi connectivity index (χ0) is 22.7. The number of allylic oxidation sites excluding steroid dienone is 1. The molecule has 3 heterocycles. The first-order valence-corrected chi connectivity index (χ1v) is 11.9. The van der Waals surface area contributed by atoms with E-state index in [-0.39, 0.29) is 11.6 Å². The summed E-state index contributed by atoms with van der Waals surface area (Å²) >= 11 is 0. The van der Waals surface area contributed by atoms with Crippen molar-refractivity contribution in [3.05, 3.63) is 65.9 Å². The van der Waals surface area contributed by atoms with Crippen molar-refractivity contribution in [1.82, 2.24) is 20.3 Å². The Hall–Kier alpha value is -2.34. The fourth-order valence-electron chi connectivity index (χ4n) is 4.61. The highest BCUT2D eigenvalue weighted by Gasteiger charge is 2.27. The molecule has 2 atom stereocenters. The topological polar surface area (TPSA) is 43.8 Å². The fraction of sp³-hybridized carbons (Fsp3) is 0.481. The largest absolute Gasteiger partial charge is 0.300 e. The van der Waals surface area contributed by atoms with Gasteiger partial charge in [-0.3, -0.25) is 4.99 Å². The maximum Gasteiger partial charge on any atom is 0.118 e. The highest BCUT2D eigenvalue weighted by Crippen LogP contribution is 2.31. The molecule has 0 bridgehead atoms. The number of aliphatic imine (C=N–C) groups is 1. The molecule has 0 aliphatic carbocycles. The smallest absolute Gasteiger partial charge is 0.118 e. The number of nitrogens with one attached hydrogen (secondary N) is 1. The van der Waals surface area contributed by atoms with Crippen molar-refractivity contribution in [3.8, 4) is 11.3 Å². The molecule has 2 aliphatic heterocycles. The van der Waals surface area contributed by atoms with Gasteiger partial charge in [0, 0.05) is 50.0 Å². The monoisotopic (exact) mass is 431 g/mol. The fourth-order valence-corrected chi connectivity index (χ4v) is 4.61. The first kappa shape index (κ1) is 22.8. The second kappa shape index (κ2) is 9.65. The van der Waals surface area contributed by atoms with Gasteiger partial charge in [-0.25, -0.2) is 15.4 Å². The molecule has 170 valence electrons. The van der Waals surface area contributed by atoms with Gasteiger partial charge in [0.1, 0.15) is 5.54 Å². The number of hydrogen-bond donors (Lipinski definition) is 1. The molecule has 5 heteroatoms. The number of hydrogen-bond acceptors (Lipinski definition) is 5. The molecule has 1 N–H and O–H groups in total. The Morgan fingerprint density at radius 1 is 1.00 bits per heavy atom. The van der Waals surface area contributed by atoms with Crippen LogP contribution < -0.4 is 5.43 Å². The second-order valence-electron chi connectivity index (χ2n) is 9.80. The van der Waals surface area contributed by atoms with E-state index in [0.717, 1.165) is 54.8 Å². The van der Waals surface area contributed by atoms with Gasteiger partial charge in [-0.1, -0.05) is 44.2 Å². The molecule has 0 saturated carbocycles. The summed E-state index contributed by atoms with van der Waals surface area (Å²) < 4.78 is 0. The molecule has 0 amide bonds. The summed E-state index contributed by atoms with van der Waals surface area (Å²) in [5.74, 6) is 0.733. The minimum atomic E-state index is -0.363. The van der Waals surface area contributed by atoms with Crippen molar-refractivity contribution >= 4 is 5.71 Å². The van der Waals surface area contributed by atoms with Crippen molar-refractivity contribution in [2.75, 3.05) is 32.7 Å². The van der Waals surface area contributed by atoms with Gasteiger partial charge in [-0.05, 0) is 56.5 Å². The number of rotatable bonds is 7. The summed E-state index contributed by atoms with van der Waals surface area (Å²) in [7, 11) is 0. The summed E-state index contributed by atoms with van der Waals surface area (Å²) in [5.41, 5.74) is 8.78. The van der Waals surface area contributed by atoms with Crippen molar-refractivity contribution < 1.29 is 0 Å². The van der Waals surface area contributed by atoms with E-state index in [4.69, 9.17) is 9.98 Å². The summed E-state index contributed by atoms with van der Waals surface area (Å²) in [6.45, 7) is 16.6. The standard InChI is InChI=1S/C27H37N5/c1-20(2)19-31-15-17-32(18-16-31)30-22(4)23-9-11-24(12-10-23)25-7-6-8-26(28-25)27(5)14-13-21(3)29-27/h6-14,20,22,30H,15-19H2,1-5H3. The van der Waals surface area contributed by atoms with E-state index in [1.807, 2.05) is 6.92 Å². The van der Waals surface area contributed by atoms with Gasteiger partial charge in [-0.15, -0.1) is 0 Å². The van der Waals surface area contributed by atoms with Crippen LogP contribution in [0.2, 0.25) is 0 Å². The predicted molar refractivity (Wildman–Crippen MR) is 134 cm³/mol. The zero-order valence-electron chi connectivity index (χ0n) is 20.2. The number of piperazine rings is 1. The Labute approximate surface area is 193 Å². The number of nitrogens with zero attached hydrogens (tertiary/aromatic N) is 4. The Kier molecular flexibility index (Phi) is 6.89. The molecule has 2 aliphatic rings. The van der Waals surface area contributed by atoms with E-state index >= 15 is 0 Å². The molecular formula is C27H37N5.